The zero-order valence-electron chi connectivity index (χ0n) is 11.7. The molecular weight excluding hydrogens is 244 g/mol. The van der Waals surface area contributed by atoms with Gasteiger partial charge < -0.3 is 9.47 Å². The van der Waals surface area contributed by atoms with Crippen molar-refractivity contribution in [2.45, 2.75) is 39.7 Å². The van der Waals surface area contributed by atoms with Crippen LogP contribution in [0.15, 0.2) is 18.2 Å². The second kappa shape index (κ2) is 7.56. The van der Waals surface area contributed by atoms with E-state index in [1.807, 2.05) is 6.92 Å². The Balaban J connectivity index is 2.93. The average Bonchev–Trinajstić information content (AvgIpc) is 2.42. The quantitative estimate of drug-likeness (QED) is 0.561. The highest BCUT2D eigenvalue weighted by Gasteiger charge is 2.13. The number of unbranched alkanes of at least 4 members (excludes halogenated alkanes) is 1. The van der Waals surface area contributed by atoms with Crippen molar-refractivity contribution >= 4 is 11.8 Å². The van der Waals surface area contributed by atoms with Crippen molar-refractivity contribution in [2.24, 2.45) is 0 Å². The Hall–Kier alpha value is -1.84. The maximum absolute atomic E-state index is 12.1. The van der Waals surface area contributed by atoms with Gasteiger partial charge in [-0.15, -0.1) is 0 Å². The Kier molecular flexibility index (Phi) is 6.06. The largest absolute Gasteiger partial charge is 0.497 e. The number of hydrogen-bond donors (Lipinski definition) is 0. The molecule has 104 valence electrons. The maximum atomic E-state index is 12.1. The highest BCUT2D eigenvalue weighted by Crippen LogP contribution is 2.20. The summed E-state index contributed by atoms with van der Waals surface area (Å²) >= 11 is 0. The smallest absolute Gasteiger partial charge is 0.302 e. The van der Waals surface area contributed by atoms with Crippen molar-refractivity contribution in [1.82, 2.24) is 0 Å². The van der Waals surface area contributed by atoms with Crippen LogP contribution in [0, 0.1) is 0 Å². The fraction of sp³-hybridized carbons (Fsp3) is 0.467. The molecule has 1 aromatic rings. The Morgan fingerprint density at radius 1 is 1.26 bits per heavy atom. The van der Waals surface area contributed by atoms with E-state index < -0.39 is 0 Å². The van der Waals surface area contributed by atoms with Crippen molar-refractivity contribution in [3.05, 3.63) is 29.3 Å². The van der Waals surface area contributed by atoms with Crippen LogP contribution in [0.4, 0.5) is 0 Å². The van der Waals surface area contributed by atoms with Crippen LogP contribution in [-0.2, 0) is 16.1 Å². The molecule has 0 aliphatic carbocycles. The van der Waals surface area contributed by atoms with E-state index in [0.717, 1.165) is 12.8 Å². The van der Waals surface area contributed by atoms with Crippen LogP contribution < -0.4 is 4.74 Å². The number of ketones is 1. The summed E-state index contributed by atoms with van der Waals surface area (Å²) in [5.74, 6) is 0.357. The minimum atomic E-state index is -0.366. The minimum absolute atomic E-state index is 0.0756. The molecule has 0 unspecified atom stereocenters. The normalized spacial score (nSPS) is 10.1. The molecule has 0 heterocycles. The van der Waals surface area contributed by atoms with Gasteiger partial charge in [-0.3, -0.25) is 9.59 Å². The molecule has 0 saturated carbocycles. The van der Waals surface area contributed by atoms with E-state index in [-0.39, 0.29) is 18.4 Å². The van der Waals surface area contributed by atoms with E-state index in [0.29, 0.717) is 23.3 Å². The van der Waals surface area contributed by atoms with Gasteiger partial charge in [0.05, 0.1) is 7.11 Å². The van der Waals surface area contributed by atoms with Crippen molar-refractivity contribution in [3.63, 3.8) is 0 Å². The summed E-state index contributed by atoms with van der Waals surface area (Å²) in [6, 6.07) is 5.22. The molecule has 0 aliphatic heterocycles. The third-order valence-corrected chi connectivity index (χ3v) is 2.80. The zero-order chi connectivity index (χ0) is 14.3. The predicted molar refractivity (Wildman–Crippen MR) is 72.3 cm³/mol. The Morgan fingerprint density at radius 3 is 2.58 bits per heavy atom. The van der Waals surface area contributed by atoms with Gasteiger partial charge in [0.1, 0.15) is 12.4 Å². The second-order valence-corrected chi connectivity index (χ2v) is 4.33. The number of hydrogen-bond acceptors (Lipinski definition) is 4. The van der Waals surface area contributed by atoms with E-state index in [9.17, 15) is 9.59 Å². The highest BCUT2D eigenvalue weighted by molar-refractivity contribution is 5.97. The first kappa shape index (κ1) is 15.2. The van der Waals surface area contributed by atoms with Gasteiger partial charge in [-0.2, -0.15) is 0 Å². The lowest BCUT2D eigenvalue weighted by molar-refractivity contribution is -0.142. The predicted octanol–water partition coefficient (Wildman–Crippen LogP) is 3.13. The Morgan fingerprint density at radius 2 is 2.00 bits per heavy atom. The topological polar surface area (TPSA) is 52.6 Å². The summed E-state index contributed by atoms with van der Waals surface area (Å²) in [7, 11) is 1.56. The molecule has 0 N–H and O–H groups in total. The summed E-state index contributed by atoms with van der Waals surface area (Å²) in [4.78, 5) is 23.0. The van der Waals surface area contributed by atoms with Gasteiger partial charge in [0.25, 0.3) is 0 Å². The van der Waals surface area contributed by atoms with Crippen molar-refractivity contribution in [2.75, 3.05) is 7.11 Å². The first-order valence-electron chi connectivity index (χ1n) is 6.42. The van der Waals surface area contributed by atoms with Crippen molar-refractivity contribution in [3.8, 4) is 5.75 Å². The van der Waals surface area contributed by atoms with Crippen LogP contribution in [0.5, 0.6) is 5.75 Å². The molecule has 0 atom stereocenters. The molecule has 0 bridgehead atoms. The molecule has 4 nitrogen and oxygen atoms in total. The molecule has 0 aliphatic rings. The van der Waals surface area contributed by atoms with Crippen LogP contribution in [0.2, 0.25) is 0 Å². The van der Waals surface area contributed by atoms with Gasteiger partial charge >= 0.3 is 5.97 Å². The highest BCUT2D eigenvalue weighted by atomic mass is 16.5. The van der Waals surface area contributed by atoms with Gasteiger partial charge in [-0.1, -0.05) is 13.3 Å². The van der Waals surface area contributed by atoms with Gasteiger partial charge in [0, 0.05) is 24.5 Å². The second-order valence-electron chi connectivity index (χ2n) is 4.33. The maximum Gasteiger partial charge on any atom is 0.302 e. The number of carbonyl (C=O) groups is 2. The number of Topliss-reactive ketones (excluding diaryl/α,β-unsaturated/α-hetero) is 1. The summed E-state index contributed by atoms with van der Waals surface area (Å²) in [6.45, 7) is 3.49. The molecule has 4 heteroatoms. The monoisotopic (exact) mass is 264 g/mol. The first-order valence-corrected chi connectivity index (χ1v) is 6.42. The fourth-order valence-corrected chi connectivity index (χ4v) is 1.74. The summed E-state index contributed by atoms with van der Waals surface area (Å²) in [6.07, 6.45) is 2.34. The summed E-state index contributed by atoms with van der Waals surface area (Å²) < 4.78 is 10.1. The zero-order valence-corrected chi connectivity index (χ0v) is 11.7. The lowest BCUT2D eigenvalue weighted by Crippen LogP contribution is -2.07. The number of benzene rings is 1. The molecule has 19 heavy (non-hydrogen) atoms. The van der Waals surface area contributed by atoms with Crippen molar-refractivity contribution in [1.29, 1.82) is 0 Å². The number of methoxy groups -OCH3 is 1. The Labute approximate surface area is 113 Å². The number of rotatable bonds is 7. The van der Waals surface area contributed by atoms with Crippen LogP contribution in [-0.4, -0.2) is 18.9 Å². The van der Waals surface area contributed by atoms with Crippen LogP contribution in [0.3, 0.4) is 0 Å². The molecule has 0 radical (unpaired) electrons. The molecule has 0 amide bonds. The number of ether oxygens (including phenoxy) is 2. The fourth-order valence-electron chi connectivity index (χ4n) is 1.74. The first-order chi connectivity index (χ1) is 9.08. The van der Waals surface area contributed by atoms with Crippen LogP contribution >= 0.6 is 0 Å². The molecule has 0 aromatic heterocycles. The Bertz CT molecular complexity index is 451. The van der Waals surface area contributed by atoms with Crippen LogP contribution in [0.1, 0.15) is 49.0 Å². The molecule has 0 spiro atoms. The third kappa shape index (κ3) is 4.73. The standard InChI is InChI=1S/C15H20O4/c1-4-5-6-15(17)14-8-7-13(18-3)9-12(14)10-19-11(2)16/h7-9H,4-6,10H2,1-3H3. The van der Waals surface area contributed by atoms with E-state index >= 15 is 0 Å². The molecule has 1 aromatic carbocycles. The minimum Gasteiger partial charge on any atom is -0.497 e. The van der Waals surface area contributed by atoms with Crippen molar-refractivity contribution < 1.29 is 19.1 Å². The molecular formula is C15H20O4. The lowest BCUT2D eigenvalue weighted by atomic mass is 10.00. The number of carbonyl (C=O) groups excluding carboxylic acids is 2. The van der Waals surface area contributed by atoms with E-state index in [2.05, 4.69) is 0 Å². The number of esters is 1. The van der Waals surface area contributed by atoms with Gasteiger partial charge in [0.15, 0.2) is 5.78 Å². The van der Waals surface area contributed by atoms with E-state index in [4.69, 9.17) is 9.47 Å². The SMILES string of the molecule is CCCCC(=O)c1ccc(OC)cc1COC(C)=O. The molecule has 1 rings (SSSR count). The van der Waals surface area contributed by atoms with Gasteiger partial charge in [-0.05, 0) is 24.6 Å². The lowest BCUT2D eigenvalue weighted by Gasteiger charge is -2.10. The average molecular weight is 264 g/mol. The third-order valence-electron chi connectivity index (χ3n) is 2.80. The van der Waals surface area contributed by atoms with E-state index in [1.54, 1.807) is 25.3 Å². The molecule has 0 fully saturated rings. The van der Waals surface area contributed by atoms with Crippen LogP contribution in [0.25, 0.3) is 0 Å². The van der Waals surface area contributed by atoms with E-state index in [1.165, 1.54) is 6.92 Å². The summed E-state index contributed by atoms with van der Waals surface area (Å²) in [5, 5.41) is 0. The molecule has 0 saturated heterocycles. The van der Waals surface area contributed by atoms with Gasteiger partial charge in [0.2, 0.25) is 0 Å². The summed E-state index contributed by atoms with van der Waals surface area (Å²) in [5.41, 5.74) is 1.30. The van der Waals surface area contributed by atoms with Gasteiger partial charge in [-0.25, -0.2) is 0 Å².